The van der Waals surface area contributed by atoms with Crippen LogP contribution in [0.5, 0.6) is 5.75 Å². The minimum atomic E-state index is -0.856. The number of amides is 1. The molecule has 12 heteroatoms. The molecule has 0 aliphatic carbocycles. The number of Topliss-reactive ketones (excluding diaryl/α,β-unsaturated/α-hetero) is 1. The van der Waals surface area contributed by atoms with Crippen molar-refractivity contribution in [1.82, 2.24) is 19.8 Å². The van der Waals surface area contributed by atoms with E-state index in [9.17, 15) is 19.2 Å². The van der Waals surface area contributed by atoms with Crippen LogP contribution in [-0.4, -0.2) is 44.2 Å². The van der Waals surface area contributed by atoms with Gasteiger partial charge in [0.1, 0.15) is 12.2 Å². The van der Waals surface area contributed by atoms with E-state index in [2.05, 4.69) is 15.4 Å². The number of hydrogen-bond acceptors (Lipinski definition) is 8. The predicted molar refractivity (Wildman–Crippen MR) is 136 cm³/mol. The molecule has 0 spiro atoms. The fourth-order valence-corrected chi connectivity index (χ4v) is 4.77. The maximum absolute atomic E-state index is 14.7. The number of ether oxygens (including phenoxy) is 1. The van der Waals surface area contributed by atoms with Crippen LogP contribution >= 0.6 is 22.9 Å². The van der Waals surface area contributed by atoms with Gasteiger partial charge in [-0.2, -0.15) is 5.10 Å². The van der Waals surface area contributed by atoms with Gasteiger partial charge in [-0.15, -0.1) is 11.3 Å². The molecule has 36 heavy (non-hydrogen) atoms. The number of nitrogens with zero attached hydrogens (tertiary/aromatic N) is 4. The van der Waals surface area contributed by atoms with Gasteiger partial charge in [-0.05, 0) is 31.4 Å². The first-order valence-corrected chi connectivity index (χ1v) is 12.5. The molecule has 2 aromatic heterocycles. The zero-order chi connectivity index (χ0) is 26.4. The number of rotatable bonds is 6. The molecule has 0 fully saturated rings. The number of carbonyl (C=O) groups is 2. The topological polar surface area (TPSA) is 112 Å². The molecule has 192 valence electrons. The maximum atomic E-state index is 14.7. The number of hydroxylamine groups is 2. The van der Waals surface area contributed by atoms with Crippen LogP contribution in [0.1, 0.15) is 56.7 Å². The minimum absolute atomic E-state index is 0.0139. The molecular formula is C24H26ClFN5O4S-. The van der Waals surface area contributed by atoms with Gasteiger partial charge in [0.25, 0.3) is 0 Å². The van der Waals surface area contributed by atoms with Crippen LogP contribution < -0.4 is 10.1 Å². The summed E-state index contributed by atoms with van der Waals surface area (Å²) in [5, 5.41) is 21.8. The molecular weight excluding hydrogens is 509 g/mol. The summed E-state index contributed by atoms with van der Waals surface area (Å²) in [5.74, 6) is -1.45. The Kier molecular flexibility index (Phi) is 7.20. The summed E-state index contributed by atoms with van der Waals surface area (Å²) in [6.07, 6.45) is 1.44. The van der Waals surface area contributed by atoms with Crippen LogP contribution in [0.25, 0.3) is 11.3 Å². The van der Waals surface area contributed by atoms with Crippen molar-refractivity contribution in [3.05, 3.63) is 51.0 Å². The summed E-state index contributed by atoms with van der Waals surface area (Å²) in [6, 6.07) is 1.45. The number of hydrogen-bond donors (Lipinski definition) is 1. The van der Waals surface area contributed by atoms with E-state index in [1.165, 1.54) is 23.9 Å². The molecule has 0 radical (unpaired) electrons. The molecule has 1 N–H and O–H groups in total. The smallest absolute Gasteiger partial charge is 0.247 e. The average molecular weight is 535 g/mol. The van der Waals surface area contributed by atoms with Crippen molar-refractivity contribution in [2.75, 3.05) is 11.9 Å². The van der Waals surface area contributed by atoms with Crippen LogP contribution in [0.2, 0.25) is 5.02 Å². The van der Waals surface area contributed by atoms with E-state index in [4.69, 9.17) is 16.3 Å². The first kappa shape index (κ1) is 26.2. The minimum Gasteiger partial charge on any atom is -0.784 e. The molecule has 0 saturated carbocycles. The fourth-order valence-electron chi connectivity index (χ4n) is 3.77. The second kappa shape index (κ2) is 9.89. The Hall–Kier alpha value is -2.86. The summed E-state index contributed by atoms with van der Waals surface area (Å²) in [4.78, 5) is 29.7. The van der Waals surface area contributed by atoms with E-state index in [-0.39, 0.29) is 34.2 Å². The zero-order valence-electron chi connectivity index (χ0n) is 20.5. The summed E-state index contributed by atoms with van der Waals surface area (Å²) >= 11 is 7.43. The molecule has 9 nitrogen and oxygen atoms in total. The Morgan fingerprint density at radius 3 is 2.69 bits per heavy atom. The van der Waals surface area contributed by atoms with Crippen LogP contribution in [-0.2, 0) is 11.3 Å². The van der Waals surface area contributed by atoms with Crippen molar-refractivity contribution >= 4 is 39.8 Å². The van der Waals surface area contributed by atoms with Gasteiger partial charge in [-0.1, -0.05) is 32.4 Å². The van der Waals surface area contributed by atoms with Gasteiger partial charge in [0, 0.05) is 22.5 Å². The third-order valence-electron chi connectivity index (χ3n) is 5.68. The molecule has 2 unspecified atom stereocenters. The summed E-state index contributed by atoms with van der Waals surface area (Å²) in [7, 11) is 0. The Bertz CT molecular complexity index is 1300. The number of ketones is 1. The van der Waals surface area contributed by atoms with Crippen molar-refractivity contribution < 1.29 is 18.7 Å². The van der Waals surface area contributed by atoms with Gasteiger partial charge in [-0.3, -0.25) is 14.3 Å². The summed E-state index contributed by atoms with van der Waals surface area (Å²) in [5.41, 5.74) is 1.46. The molecule has 3 aromatic rings. The number of anilines is 1. The second-order valence-electron chi connectivity index (χ2n) is 9.89. The molecule has 1 aromatic carbocycles. The molecule has 1 amide bonds. The Morgan fingerprint density at radius 2 is 2.03 bits per heavy atom. The van der Waals surface area contributed by atoms with E-state index in [0.29, 0.717) is 28.6 Å². The number of fused-ring (bicyclic) bond motifs is 1. The van der Waals surface area contributed by atoms with Gasteiger partial charge < -0.3 is 20.3 Å². The normalized spacial score (nSPS) is 18.3. The first-order valence-electron chi connectivity index (χ1n) is 11.3. The predicted octanol–water partition coefficient (Wildman–Crippen LogP) is 5.31. The zero-order valence-corrected chi connectivity index (χ0v) is 22.0. The highest BCUT2D eigenvalue weighted by atomic mass is 35.5. The van der Waals surface area contributed by atoms with Crippen molar-refractivity contribution in [1.29, 1.82) is 0 Å². The van der Waals surface area contributed by atoms with Crippen molar-refractivity contribution in [3.63, 3.8) is 0 Å². The van der Waals surface area contributed by atoms with E-state index < -0.39 is 23.8 Å². The molecule has 1 aliphatic rings. The van der Waals surface area contributed by atoms with Gasteiger partial charge in [0.15, 0.2) is 22.5 Å². The number of benzene rings is 1. The highest BCUT2D eigenvalue weighted by Gasteiger charge is 2.34. The highest BCUT2D eigenvalue weighted by molar-refractivity contribution is 7.14. The lowest BCUT2D eigenvalue weighted by Gasteiger charge is -2.42. The fraction of sp³-hybridized carbons (Fsp3) is 0.417. The quantitative estimate of drug-likeness (QED) is 0.456. The van der Waals surface area contributed by atoms with Gasteiger partial charge >= 0.3 is 0 Å². The summed E-state index contributed by atoms with van der Waals surface area (Å²) < 4.78 is 21.5. The third kappa shape index (κ3) is 5.29. The van der Waals surface area contributed by atoms with Gasteiger partial charge in [0.2, 0.25) is 5.91 Å². The molecule has 2 atom stereocenters. The summed E-state index contributed by atoms with van der Waals surface area (Å²) in [6.45, 7) is 9.20. The maximum Gasteiger partial charge on any atom is 0.247 e. The first-order chi connectivity index (χ1) is 16.9. The van der Waals surface area contributed by atoms with Crippen LogP contribution in [0.15, 0.2) is 23.7 Å². The SMILES string of the molecule is CC1C(=O)c2c(cnn2CC(=O)Nc2nc(-c3cc(F)c(OCC(C)(C)C)c(Cl)c3)cs2)C(C)N1[O-]. The lowest BCUT2D eigenvalue weighted by atomic mass is 9.96. The lowest BCUT2D eigenvalue weighted by molar-refractivity contribution is -0.116. The third-order valence-corrected chi connectivity index (χ3v) is 6.72. The van der Waals surface area contributed by atoms with Crippen LogP contribution in [0.3, 0.4) is 0 Å². The van der Waals surface area contributed by atoms with Crippen molar-refractivity contribution in [2.45, 2.75) is 53.2 Å². The van der Waals surface area contributed by atoms with E-state index in [1.54, 1.807) is 18.4 Å². The van der Waals surface area contributed by atoms with E-state index in [0.717, 1.165) is 16.4 Å². The van der Waals surface area contributed by atoms with Crippen LogP contribution in [0, 0.1) is 16.4 Å². The van der Waals surface area contributed by atoms with Gasteiger partial charge in [-0.25, -0.2) is 9.37 Å². The number of thiazole rings is 1. The van der Waals surface area contributed by atoms with E-state index >= 15 is 0 Å². The lowest BCUT2D eigenvalue weighted by Crippen LogP contribution is -2.42. The molecule has 1 aliphatic heterocycles. The van der Waals surface area contributed by atoms with Crippen molar-refractivity contribution in [2.24, 2.45) is 5.41 Å². The molecule has 0 saturated heterocycles. The number of halogens is 2. The Labute approximate surface area is 216 Å². The monoisotopic (exact) mass is 534 g/mol. The molecule has 3 heterocycles. The standard InChI is InChI=1S/C24H26ClFN5O4S/c1-12-15-8-27-30(20(15)21(33)13(2)31(12)34)9-19(32)29-23-28-18(10-36-23)14-6-16(25)22(17(26)7-14)35-11-24(3,4)5/h6-8,10,12-13H,9,11H2,1-5H3,(H,28,29,32)/q-1. The van der Waals surface area contributed by atoms with E-state index in [1.807, 2.05) is 20.8 Å². The molecule has 0 bridgehead atoms. The largest absolute Gasteiger partial charge is 0.784 e. The van der Waals surface area contributed by atoms with Crippen molar-refractivity contribution in [3.8, 4) is 17.0 Å². The number of nitrogens with one attached hydrogen (secondary N) is 1. The number of carbonyl (C=O) groups excluding carboxylic acids is 2. The Balaban J connectivity index is 1.46. The average Bonchev–Trinajstić information content (AvgIpc) is 3.42. The second-order valence-corrected chi connectivity index (χ2v) is 11.2. The number of aromatic nitrogens is 3. The van der Waals surface area contributed by atoms with Gasteiger partial charge in [0.05, 0.1) is 29.6 Å². The highest BCUT2D eigenvalue weighted by Crippen LogP contribution is 2.36. The molecule has 4 rings (SSSR count). The van der Waals surface area contributed by atoms with Crippen LogP contribution in [0.4, 0.5) is 9.52 Å². The Morgan fingerprint density at radius 1 is 1.31 bits per heavy atom.